The average Bonchev–Trinajstić information content (AvgIpc) is 2.69. The molecule has 0 spiro atoms. The topological polar surface area (TPSA) is 95.8 Å². The molecule has 0 radical (unpaired) electrons. The number of hydrogen-bond acceptors (Lipinski definition) is 6. The Balaban J connectivity index is 1.48. The molecule has 28 heavy (non-hydrogen) atoms. The van der Waals surface area contributed by atoms with Gasteiger partial charge in [0.2, 0.25) is 10.0 Å². The minimum Gasteiger partial charge on any atom is -0.367 e. The summed E-state index contributed by atoms with van der Waals surface area (Å²) in [6.07, 6.45) is 0. The van der Waals surface area contributed by atoms with Gasteiger partial charge in [-0.25, -0.2) is 17.5 Å². The van der Waals surface area contributed by atoms with E-state index in [1.165, 1.54) is 18.2 Å². The third kappa shape index (κ3) is 4.83. The quantitative estimate of drug-likeness (QED) is 0.555. The van der Waals surface area contributed by atoms with Crippen molar-refractivity contribution in [1.82, 2.24) is 9.62 Å². The summed E-state index contributed by atoms with van der Waals surface area (Å²) in [5, 5.41) is 10.7. The van der Waals surface area contributed by atoms with E-state index in [4.69, 9.17) is 0 Å². The van der Waals surface area contributed by atoms with Crippen molar-refractivity contribution in [3.8, 4) is 0 Å². The summed E-state index contributed by atoms with van der Waals surface area (Å²) in [5.41, 5.74) is 0.424. The molecule has 1 N–H and O–H groups in total. The highest BCUT2D eigenvalue weighted by atomic mass is 32.2. The zero-order chi connectivity index (χ0) is 20.1. The summed E-state index contributed by atoms with van der Waals surface area (Å²) in [4.78, 5) is 14.1. The molecule has 10 heteroatoms. The van der Waals surface area contributed by atoms with Crippen LogP contribution in [0.4, 0.5) is 15.8 Å². The van der Waals surface area contributed by atoms with E-state index in [2.05, 4.69) is 9.62 Å². The van der Waals surface area contributed by atoms with Gasteiger partial charge in [-0.05, 0) is 24.3 Å². The summed E-state index contributed by atoms with van der Waals surface area (Å²) in [6, 6.07) is 11.4. The first-order valence-electron chi connectivity index (χ1n) is 8.83. The maximum absolute atomic E-state index is 13.9. The average molecular weight is 408 g/mol. The standard InChI is InChI=1S/C18H21FN4O4S/c19-17-3-1-2-4-18(17)22-13-11-21(12-14-22)10-9-20-28(26,27)16-7-5-15(6-8-16)23(24)25/h1-8,20H,9-14H2. The number of para-hydroxylation sites is 1. The number of hydrogen-bond donors (Lipinski definition) is 1. The lowest BCUT2D eigenvalue weighted by molar-refractivity contribution is -0.384. The van der Waals surface area contributed by atoms with Crippen LogP contribution in [0.3, 0.4) is 0 Å². The van der Waals surface area contributed by atoms with Crippen LogP contribution in [0.25, 0.3) is 0 Å². The molecule has 0 unspecified atom stereocenters. The van der Waals surface area contributed by atoms with E-state index in [0.717, 1.165) is 12.1 Å². The lowest BCUT2D eigenvalue weighted by atomic mass is 10.2. The normalized spacial score (nSPS) is 15.5. The van der Waals surface area contributed by atoms with Gasteiger partial charge in [-0.3, -0.25) is 15.0 Å². The molecule has 1 aliphatic heterocycles. The lowest BCUT2D eigenvalue weighted by Crippen LogP contribution is -2.48. The van der Waals surface area contributed by atoms with Gasteiger partial charge < -0.3 is 4.90 Å². The van der Waals surface area contributed by atoms with Crippen LogP contribution in [0.2, 0.25) is 0 Å². The number of benzene rings is 2. The Morgan fingerprint density at radius 3 is 2.29 bits per heavy atom. The fourth-order valence-electron chi connectivity index (χ4n) is 3.09. The predicted molar refractivity (Wildman–Crippen MR) is 103 cm³/mol. The number of halogens is 1. The van der Waals surface area contributed by atoms with Gasteiger partial charge in [0.05, 0.1) is 15.5 Å². The van der Waals surface area contributed by atoms with Crippen molar-refractivity contribution in [2.24, 2.45) is 0 Å². The third-order valence-electron chi connectivity index (χ3n) is 4.64. The molecular formula is C18H21FN4O4S. The second kappa shape index (κ2) is 8.63. The van der Waals surface area contributed by atoms with Crippen LogP contribution in [-0.2, 0) is 10.0 Å². The highest BCUT2D eigenvalue weighted by Crippen LogP contribution is 2.20. The van der Waals surface area contributed by atoms with Gasteiger partial charge in [0.15, 0.2) is 0 Å². The van der Waals surface area contributed by atoms with Crippen molar-refractivity contribution >= 4 is 21.4 Å². The minimum atomic E-state index is -3.72. The van der Waals surface area contributed by atoms with Crippen molar-refractivity contribution in [3.63, 3.8) is 0 Å². The number of nitrogens with one attached hydrogen (secondary N) is 1. The van der Waals surface area contributed by atoms with Crippen LogP contribution in [0, 0.1) is 15.9 Å². The molecule has 0 amide bonds. The molecule has 8 nitrogen and oxygen atoms in total. The fourth-order valence-corrected chi connectivity index (χ4v) is 4.11. The summed E-state index contributed by atoms with van der Waals surface area (Å²) >= 11 is 0. The molecule has 0 atom stereocenters. The smallest absolute Gasteiger partial charge is 0.269 e. The molecule has 1 heterocycles. The highest BCUT2D eigenvalue weighted by molar-refractivity contribution is 7.89. The molecule has 2 aromatic carbocycles. The summed E-state index contributed by atoms with van der Waals surface area (Å²) < 4.78 is 40.9. The van der Waals surface area contributed by atoms with E-state index < -0.39 is 14.9 Å². The molecule has 0 saturated carbocycles. The molecule has 1 aliphatic rings. The minimum absolute atomic E-state index is 0.0116. The Hall–Kier alpha value is -2.56. The van der Waals surface area contributed by atoms with E-state index in [0.29, 0.717) is 38.4 Å². The van der Waals surface area contributed by atoms with Crippen LogP contribution in [0.5, 0.6) is 0 Å². The maximum atomic E-state index is 13.9. The van der Waals surface area contributed by atoms with Gasteiger partial charge in [0.25, 0.3) is 5.69 Å². The van der Waals surface area contributed by atoms with Gasteiger partial charge >= 0.3 is 0 Å². The fraction of sp³-hybridized carbons (Fsp3) is 0.333. The van der Waals surface area contributed by atoms with Gasteiger partial charge in [-0.2, -0.15) is 0 Å². The highest BCUT2D eigenvalue weighted by Gasteiger charge is 2.20. The number of piperazine rings is 1. The van der Waals surface area contributed by atoms with Gasteiger partial charge in [-0.15, -0.1) is 0 Å². The Bertz CT molecular complexity index is 929. The van der Waals surface area contributed by atoms with Gasteiger partial charge in [0.1, 0.15) is 5.82 Å². The third-order valence-corrected chi connectivity index (χ3v) is 6.12. The molecule has 2 aromatic rings. The number of anilines is 1. The van der Waals surface area contributed by atoms with Crippen LogP contribution in [0.15, 0.2) is 53.4 Å². The maximum Gasteiger partial charge on any atom is 0.269 e. The molecule has 0 aliphatic carbocycles. The van der Waals surface area contributed by atoms with Crippen LogP contribution < -0.4 is 9.62 Å². The Labute approximate surface area is 162 Å². The van der Waals surface area contributed by atoms with E-state index in [-0.39, 0.29) is 22.9 Å². The molecule has 150 valence electrons. The molecule has 1 saturated heterocycles. The van der Waals surface area contributed by atoms with E-state index in [9.17, 15) is 22.9 Å². The number of non-ortho nitro benzene ring substituents is 1. The molecule has 1 fully saturated rings. The number of nitro groups is 1. The lowest BCUT2D eigenvalue weighted by Gasteiger charge is -2.36. The van der Waals surface area contributed by atoms with E-state index >= 15 is 0 Å². The predicted octanol–water partition coefficient (Wildman–Crippen LogP) is 1.83. The number of rotatable bonds is 7. The van der Waals surface area contributed by atoms with Crippen molar-refractivity contribution in [2.45, 2.75) is 4.90 Å². The molecule has 0 bridgehead atoms. The first-order chi connectivity index (χ1) is 13.4. The van der Waals surface area contributed by atoms with Gasteiger partial charge in [0, 0.05) is 51.4 Å². The van der Waals surface area contributed by atoms with E-state index in [1.807, 2.05) is 4.90 Å². The summed E-state index contributed by atoms with van der Waals surface area (Å²) in [6.45, 7) is 3.48. The molecule has 3 rings (SSSR count). The number of sulfonamides is 1. The van der Waals surface area contributed by atoms with Gasteiger partial charge in [-0.1, -0.05) is 12.1 Å². The second-order valence-corrected chi connectivity index (χ2v) is 8.20. The number of nitrogens with zero attached hydrogens (tertiary/aromatic N) is 3. The zero-order valence-corrected chi connectivity index (χ0v) is 15.9. The van der Waals surface area contributed by atoms with E-state index in [1.54, 1.807) is 18.2 Å². The van der Waals surface area contributed by atoms with Crippen molar-refractivity contribution < 1.29 is 17.7 Å². The number of nitro benzene ring substituents is 1. The van der Waals surface area contributed by atoms with Crippen LogP contribution >= 0.6 is 0 Å². The first-order valence-corrected chi connectivity index (χ1v) is 10.3. The Morgan fingerprint density at radius 1 is 1.04 bits per heavy atom. The SMILES string of the molecule is O=[N+]([O-])c1ccc(S(=O)(=O)NCCN2CCN(c3ccccc3F)CC2)cc1. The van der Waals surface area contributed by atoms with Crippen LogP contribution in [0.1, 0.15) is 0 Å². The molecule has 0 aromatic heterocycles. The summed E-state index contributed by atoms with van der Waals surface area (Å²) in [5.74, 6) is -0.244. The van der Waals surface area contributed by atoms with Crippen LogP contribution in [-0.4, -0.2) is 57.5 Å². The Morgan fingerprint density at radius 2 is 1.68 bits per heavy atom. The zero-order valence-electron chi connectivity index (χ0n) is 15.1. The molecular weight excluding hydrogens is 387 g/mol. The van der Waals surface area contributed by atoms with Crippen molar-refractivity contribution in [2.75, 3.05) is 44.2 Å². The second-order valence-electron chi connectivity index (χ2n) is 6.43. The Kier molecular flexibility index (Phi) is 6.22. The largest absolute Gasteiger partial charge is 0.367 e. The first kappa shape index (κ1) is 20.2. The summed E-state index contributed by atoms with van der Waals surface area (Å²) in [7, 11) is -3.72. The van der Waals surface area contributed by atoms with Crippen molar-refractivity contribution in [1.29, 1.82) is 0 Å². The monoisotopic (exact) mass is 408 g/mol. The van der Waals surface area contributed by atoms with Crippen molar-refractivity contribution in [3.05, 3.63) is 64.5 Å².